The fraction of sp³-hybridized carbons (Fsp3) is 0.133. The third-order valence-corrected chi connectivity index (χ3v) is 2.75. The molecule has 0 atom stereocenters. The Kier molecular flexibility index (Phi) is 4.46. The van der Waals surface area contributed by atoms with Crippen molar-refractivity contribution in [2.75, 3.05) is 11.9 Å². The van der Waals surface area contributed by atoms with E-state index in [-0.39, 0.29) is 23.4 Å². The maximum absolute atomic E-state index is 12.0. The summed E-state index contributed by atoms with van der Waals surface area (Å²) in [6.45, 7) is 2.19. The van der Waals surface area contributed by atoms with E-state index in [1.807, 2.05) is 25.1 Å². The number of halogens is 1. The van der Waals surface area contributed by atoms with Gasteiger partial charge in [0.2, 0.25) is 0 Å². The van der Waals surface area contributed by atoms with E-state index in [1.165, 1.54) is 12.1 Å². The summed E-state index contributed by atoms with van der Waals surface area (Å²) in [5.74, 6) is 5.45. The highest BCUT2D eigenvalue weighted by atomic mass is 35.5. The van der Waals surface area contributed by atoms with Gasteiger partial charge in [-0.1, -0.05) is 17.9 Å². The number of carbonyl (C=O) groups is 1. The van der Waals surface area contributed by atoms with Gasteiger partial charge in [0.05, 0.1) is 12.2 Å². The summed E-state index contributed by atoms with van der Waals surface area (Å²) in [5.41, 5.74) is 7.69. The Morgan fingerprint density at radius 3 is 2.85 bits per heavy atom. The molecule has 4 nitrogen and oxygen atoms in total. The van der Waals surface area contributed by atoms with Crippen LogP contribution >= 0.6 is 11.6 Å². The summed E-state index contributed by atoms with van der Waals surface area (Å²) < 4.78 is 5.07. The molecule has 3 N–H and O–H groups in total. The number of benzene rings is 1. The predicted molar refractivity (Wildman–Crippen MR) is 78.8 cm³/mol. The van der Waals surface area contributed by atoms with E-state index in [0.717, 1.165) is 5.56 Å². The van der Waals surface area contributed by atoms with E-state index in [1.54, 1.807) is 0 Å². The number of carbonyl (C=O) groups excluding carboxylic acids is 1. The van der Waals surface area contributed by atoms with Crippen molar-refractivity contribution in [3.8, 4) is 11.8 Å². The summed E-state index contributed by atoms with van der Waals surface area (Å²) in [5, 5.41) is 2.92. The zero-order chi connectivity index (χ0) is 14.5. The van der Waals surface area contributed by atoms with Gasteiger partial charge in [0.15, 0.2) is 11.0 Å². The molecule has 0 spiro atoms. The zero-order valence-corrected chi connectivity index (χ0v) is 11.6. The normalized spacial score (nSPS) is 9.75. The lowest BCUT2D eigenvalue weighted by atomic mass is 10.1. The van der Waals surface area contributed by atoms with E-state index in [2.05, 4.69) is 17.2 Å². The molecule has 0 aliphatic rings. The summed E-state index contributed by atoms with van der Waals surface area (Å²) in [6, 6.07) is 8.62. The van der Waals surface area contributed by atoms with Gasteiger partial charge in [-0.05, 0) is 48.4 Å². The first-order valence-corrected chi connectivity index (χ1v) is 6.34. The number of hydrogen-bond donors (Lipinski definition) is 2. The Balaban J connectivity index is 2.28. The van der Waals surface area contributed by atoms with Crippen LogP contribution in [0, 0.1) is 18.8 Å². The molecule has 0 aliphatic carbocycles. The van der Waals surface area contributed by atoms with Gasteiger partial charge >= 0.3 is 0 Å². The second-order valence-electron chi connectivity index (χ2n) is 4.11. The van der Waals surface area contributed by atoms with Gasteiger partial charge in [0, 0.05) is 5.56 Å². The number of anilines is 1. The molecular formula is C15H13ClN2O2. The highest BCUT2D eigenvalue weighted by Gasteiger charge is 2.12. The highest BCUT2D eigenvalue weighted by Crippen LogP contribution is 2.19. The molecule has 0 unspecified atom stereocenters. The largest absolute Gasteiger partial charge is 0.440 e. The standard InChI is InChI=1S/C15H13ClN2O2/c1-10-4-5-11(3-2-8-17)12(9-10)18-15(19)13-6-7-14(16)20-13/h4-7,9H,8,17H2,1H3,(H,18,19). The molecule has 5 heteroatoms. The van der Waals surface area contributed by atoms with Crippen LogP contribution in [-0.4, -0.2) is 12.5 Å². The number of furan rings is 1. The minimum atomic E-state index is -0.377. The fourth-order valence-corrected chi connectivity index (χ4v) is 1.78. The molecule has 1 aromatic heterocycles. The lowest BCUT2D eigenvalue weighted by Gasteiger charge is -2.07. The lowest BCUT2D eigenvalue weighted by molar-refractivity contribution is 0.0996. The molecule has 1 aromatic carbocycles. The SMILES string of the molecule is Cc1ccc(C#CCN)c(NC(=O)c2ccc(Cl)o2)c1. The second kappa shape index (κ2) is 6.29. The molecule has 2 rings (SSSR count). The van der Waals surface area contributed by atoms with Crippen molar-refractivity contribution in [2.24, 2.45) is 5.73 Å². The molecule has 2 aromatic rings. The zero-order valence-electron chi connectivity index (χ0n) is 10.9. The van der Waals surface area contributed by atoms with E-state index < -0.39 is 0 Å². The third kappa shape index (κ3) is 3.41. The first kappa shape index (κ1) is 14.2. The number of hydrogen-bond acceptors (Lipinski definition) is 3. The maximum Gasteiger partial charge on any atom is 0.291 e. The van der Waals surface area contributed by atoms with Crippen molar-refractivity contribution in [1.29, 1.82) is 0 Å². The Bertz CT molecular complexity index is 695. The van der Waals surface area contributed by atoms with E-state index in [9.17, 15) is 4.79 Å². The molecule has 102 valence electrons. The molecule has 1 amide bonds. The monoisotopic (exact) mass is 288 g/mol. The topological polar surface area (TPSA) is 68.3 Å². The smallest absolute Gasteiger partial charge is 0.291 e. The van der Waals surface area contributed by atoms with Crippen LogP contribution < -0.4 is 11.1 Å². The van der Waals surface area contributed by atoms with Crippen molar-refractivity contribution >= 4 is 23.2 Å². The van der Waals surface area contributed by atoms with Gasteiger partial charge in [-0.3, -0.25) is 4.79 Å². The highest BCUT2D eigenvalue weighted by molar-refractivity contribution is 6.29. The van der Waals surface area contributed by atoms with Crippen LogP contribution in [0.4, 0.5) is 5.69 Å². The van der Waals surface area contributed by atoms with Gasteiger partial charge in [-0.2, -0.15) is 0 Å². The van der Waals surface area contributed by atoms with Crippen LogP contribution in [0.1, 0.15) is 21.7 Å². The Hall–Kier alpha value is -2.22. The first-order valence-electron chi connectivity index (χ1n) is 5.96. The van der Waals surface area contributed by atoms with Gasteiger partial charge in [-0.25, -0.2) is 0 Å². The molecular weight excluding hydrogens is 276 g/mol. The molecule has 0 aliphatic heterocycles. The number of nitrogens with two attached hydrogens (primary N) is 1. The second-order valence-corrected chi connectivity index (χ2v) is 4.49. The van der Waals surface area contributed by atoms with Gasteiger partial charge in [-0.15, -0.1) is 0 Å². The van der Waals surface area contributed by atoms with Crippen LogP contribution in [0.5, 0.6) is 0 Å². The van der Waals surface area contributed by atoms with E-state index >= 15 is 0 Å². The van der Waals surface area contributed by atoms with E-state index in [4.69, 9.17) is 21.8 Å². The van der Waals surface area contributed by atoms with Crippen molar-refractivity contribution in [2.45, 2.75) is 6.92 Å². The lowest BCUT2D eigenvalue weighted by Crippen LogP contribution is -2.12. The summed E-state index contributed by atoms with van der Waals surface area (Å²) in [7, 11) is 0. The van der Waals surface area contributed by atoms with Crippen LogP contribution in [0.2, 0.25) is 5.22 Å². The Labute approximate surface area is 121 Å². The number of aryl methyl sites for hydroxylation is 1. The van der Waals surface area contributed by atoms with Gasteiger partial charge in [0.25, 0.3) is 5.91 Å². The van der Waals surface area contributed by atoms with Crippen molar-refractivity contribution in [3.05, 3.63) is 52.4 Å². The first-order chi connectivity index (χ1) is 9.60. The van der Waals surface area contributed by atoms with Crippen molar-refractivity contribution in [3.63, 3.8) is 0 Å². The minimum Gasteiger partial charge on any atom is -0.440 e. The molecule has 0 bridgehead atoms. The van der Waals surface area contributed by atoms with Gasteiger partial charge in [0.1, 0.15) is 0 Å². The summed E-state index contributed by atoms with van der Waals surface area (Å²) in [4.78, 5) is 12.0. The molecule has 0 saturated carbocycles. The van der Waals surface area contributed by atoms with Crippen LogP contribution in [0.3, 0.4) is 0 Å². The Morgan fingerprint density at radius 1 is 1.40 bits per heavy atom. The molecule has 1 heterocycles. The average Bonchev–Trinajstić information content (AvgIpc) is 2.85. The van der Waals surface area contributed by atoms with Crippen LogP contribution in [-0.2, 0) is 0 Å². The van der Waals surface area contributed by atoms with Crippen LogP contribution in [0.25, 0.3) is 0 Å². The molecule has 0 fully saturated rings. The summed E-state index contributed by atoms with van der Waals surface area (Å²) >= 11 is 5.65. The molecule has 20 heavy (non-hydrogen) atoms. The predicted octanol–water partition coefficient (Wildman–Crippen LogP) is 2.80. The molecule has 0 radical (unpaired) electrons. The quantitative estimate of drug-likeness (QED) is 0.835. The van der Waals surface area contributed by atoms with Gasteiger partial charge < -0.3 is 15.5 Å². The van der Waals surface area contributed by atoms with Crippen molar-refractivity contribution in [1.82, 2.24) is 0 Å². The molecule has 0 saturated heterocycles. The maximum atomic E-state index is 12.0. The number of amides is 1. The third-order valence-electron chi connectivity index (χ3n) is 2.55. The summed E-state index contributed by atoms with van der Waals surface area (Å²) in [6.07, 6.45) is 0. The van der Waals surface area contributed by atoms with Crippen LogP contribution in [0.15, 0.2) is 34.7 Å². The van der Waals surface area contributed by atoms with Crippen molar-refractivity contribution < 1.29 is 9.21 Å². The number of rotatable bonds is 2. The minimum absolute atomic E-state index is 0.147. The average molecular weight is 289 g/mol. The fourth-order valence-electron chi connectivity index (χ4n) is 1.64. The Morgan fingerprint density at radius 2 is 2.20 bits per heavy atom. The van der Waals surface area contributed by atoms with E-state index in [0.29, 0.717) is 11.3 Å². The number of nitrogens with one attached hydrogen (secondary N) is 1.